The van der Waals surface area contributed by atoms with E-state index in [1.54, 1.807) is 0 Å². The average Bonchev–Trinajstić information content (AvgIpc) is 2.50. The van der Waals surface area contributed by atoms with Crippen molar-refractivity contribution in [2.75, 3.05) is 0 Å². The molecule has 37 heavy (non-hydrogen) atoms. The van der Waals surface area contributed by atoms with Crippen molar-refractivity contribution in [3.8, 4) is 0 Å². The molecule has 0 saturated heterocycles. The molecule has 224 valence electrons. The van der Waals surface area contributed by atoms with Gasteiger partial charge in [-0.25, -0.2) is 0 Å². The molecule has 0 aromatic heterocycles. The van der Waals surface area contributed by atoms with Crippen molar-refractivity contribution < 1.29 is 67.0 Å². The third-order valence-corrected chi connectivity index (χ3v) is 0.667. The minimum Gasteiger partial charge on any atom is -0.481 e. The lowest BCUT2D eigenvalue weighted by Gasteiger charge is -1.89. The zero-order valence-corrected chi connectivity index (χ0v) is 21.3. The molecule has 0 radical (unpaired) electrons. The molecule has 0 atom stereocenters. The first-order valence-corrected chi connectivity index (χ1v) is 9.54. The Morgan fingerprint density at radius 3 is 0.432 bits per heavy atom. The van der Waals surface area contributed by atoms with E-state index in [-0.39, 0.29) is 23.3 Å². The van der Waals surface area contributed by atoms with Crippen LogP contribution >= 0.6 is 0 Å². The van der Waals surface area contributed by atoms with E-state index in [0.29, 0.717) is 0 Å². The van der Waals surface area contributed by atoms with Crippen molar-refractivity contribution >= 4 is 40.2 Å². The Bertz CT molecular complexity index is 657. The van der Waals surface area contributed by atoms with E-state index in [1.807, 2.05) is 0 Å². The first-order valence-electron chi connectivity index (χ1n) is 8.15. The topological polar surface area (TPSA) is 469 Å². The number of nitrogens with two attached hydrogens (primary N) is 8. The second-order valence-electron chi connectivity index (χ2n) is 4.86. The number of carbonyl (C=O) groups is 5. The second kappa shape index (κ2) is 35.7. The normalized spacial score (nSPS) is 7.32. The molecular formula is C14H38N8O14S. The Morgan fingerprint density at radius 1 is 0.405 bits per heavy atom. The van der Waals surface area contributed by atoms with E-state index in [4.69, 9.17) is 113 Å². The van der Waals surface area contributed by atoms with Gasteiger partial charge < -0.3 is 71.4 Å². The average molecular weight is 575 g/mol. The highest BCUT2D eigenvalue weighted by molar-refractivity contribution is 7.79. The van der Waals surface area contributed by atoms with Crippen LogP contribution < -0.4 is 45.9 Å². The minimum atomic E-state index is -4.67. The fraction of sp³-hybridized carbons (Fsp3) is 0.357. The number of carboxylic acids is 5. The van der Waals surface area contributed by atoms with E-state index in [1.165, 1.54) is 0 Å². The number of carboxylic acid groups (broad SMARTS) is 5. The Morgan fingerprint density at radius 2 is 0.432 bits per heavy atom. The first kappa shape index (κ1) is 53.5. The van der Waals surface area contributed by atoms with Gasteiger partial charge in [0.15, 0.2) is 0 Å². The van der Waals surface area contributed by atoms with E-state index < -0.39 is 40.2 Å². The fourth-order valence-corrected chi connectivity index (χ4v) is 0. The summed E-state index contributed by atoms with van der Waals surface area (Å²) >= 11 is 0. The van der Waals surface area contributed by atoms with Gasteiger partial charge in [0, 0.05) is 34.6 Å². The van der Waals surface area contributed by atoms with E-state index in [2.05, 4.69) is 0 Å². The maximum atomic E-state index is 9.00. The summed E-state index contributed by atoms with van der Waals surface area (Å²) in [6, 6.07) is 0. The monoisotopic (exact) mass is 574 g/mol. The predicted octanol–water partition coefficient (Wildman–Crippen LogP) is -4.30. The van der Waals surface area contributed by atoms with Crippen molar-refractivity contribution in [3.05, 3.63) is 23.3 Å². The van der Waals surface area contributed by atoms with Gasteiger partial charge in [0.05, 0.1) is 0 Å². The van der Waals surface area contributed by atoms with Gasteiger partial charge in [-0.1, -0.05) is 0 Å². The van der Waals surface area contributed by atoms with Crippen molar-refractivity contribution in [2.24, 2.45) is 45.9 Å². The molecule has 0 aliphatic heterocycles. The standard InChI is InChI=1S/2C2H8N4.5C2H4O2.H2O4S/c2*3-1(4)2(5)6;5*1-2(3)4;1-5(2,3)4/h2*3-6H2;5*1H3,(H,3,4);(H2,1,2,3,4). The molecule has 0 spiro atoms. The number of hydrogen-bond acceptors (Lipinski definition) is 15. The van der Waals surface area contributed by atoms with Crippen molar-refractivity contribution in [1.29, 1.82) is 0 Å². The molecule has 22 nitrogen and oxygen atoms in total. The number of aliphatic carboxylic acids is 5. The highest BCUT2D eigenvalue weighted by atomic mass is 32.3. The van der Waals surface area contributed by atoms with Gasteiger partial charge in [-0.15, -0.1) is 0 Å². The van der Waals surface area contributed by atoms with Crippen molar-refractivity contribution in [2.45, 2.75) is 34.6 Å². The summed E-state index contributed by atoms with van der Waals surface area (Å²) in [6.07, 6.45) is 0. The van der Waals surface area contributed by atoms with Crippen LogP contribution in [0.1, 0.15) is 34.6 Å². The second-order valence-corrected chi connectivity index (χ2v) is 5.76. The van der Waals surface area contributed by atoms with Crippen molar-refractivity contribution in [3.63, 3.8) is 0 Å². The molecule has 23 heteroatoms. The number of rotatable bonds is 0. The SMILES string of the molecule is CC(=O)O.CC(=O)O.CC(=O)O.CC(=O)O.CC(=O)O.NC(N)=C(N)N.NC(N)=C(N)N.O=S(=O)(O)O. The van der Waals surface area contributed by atoms with Crippen LogP contribution in [0, 0.1) is 0 Å². The third-order valence-electron chi connectivity index (χ3n) is 0.667. The highest BCUT2D eigenvalue weighted by Gasteiger charge is 1.84. The van der Waals surface area contributed by atoms with Gasteiger partial charge in [-0.2, -0.15) is 8.42 Å². The van der Waals surface area contributed by atoms with E-state index >= 15 is 0 Å². The zero-order chi connectivity index (χ0) is 32.7. The van der Waals surface area contributed by atoms with Gasteiger partial charge >= 0.3 is 10.4 Å². The summed E-state index contributed by atoms with van der Waals surface area (Å²) in [5, 5.41) is 37.1. The maximum Gasteiger partial charge on any atom is 0.394 e. The lowest BCUT2D eigenvalue weighted by molar-refractivity contribution is -0.135. The van der Waals surface area contributed by atoms with Crippen LogP contribution in [0.5, 0.6) is 0 Å². The molecule has 23 N–H and O–H groups in total. The van der Waals surface area contributed by atoms with Gasteiger partial charge in [0.1, 0.15) is 23.3 Å². The van der Waals surface area contributed by atoms with E-state index in [9.17, 15) is 0 Å². The van der Waals surface area contributed by atoms with E-state index in [0.717, 1.165) is 34.6 Å². The van der Waals surface area contributed by atoms with Crippen LogP contribution in [-0.2, 0) is 34.4 Å². The van der Waals surface area contributed by atoms with Crippen LogP contribution in [0.25, 0.3) is 0 Å². The van der Waals surface area contributed by atoms with Gasteiger partial charge in [0.2, 0.25) is 0 Å². The van der Waals surface area contributed by atoms with Crippen LogP contribution in [0.2, 0.25) is 0 Å². The molecule has 0 heterocycles. The Balaban J connectivity index is -0.0000000436. The molecular weight excluding hydrogens is 536 g/mol. The lowest BCUT2D eigenvalue weighted by atomic mass is 10.7. The Hall–Kier alpha value is -4.90. The minimum absolute atomic E-state index is 0.0185. The summed E-state index contributed by atoms with van der Waals surface area (Å²) in [6.45, 7) is 5.42. The van der Waals surface area contributed by atoms with Crippen LogP contribution in [0.4, 0.5) is 0 Å². The van der Waals surface area contributed by atoms with Crippen molar-refractivity contribution in [1.82, 2.24) is 0 Å². The molecule has 0 bridgehead atoms. The smallest absolute Gasteiger partial charge is 0.394 e. The summed E-state index contributed by atoms with van der Waals surface area (Å²) in [5.41, 5.74) is 38.7. The first-order chi connectivity index (χ1) is 15.9. The van der Waals surface area contributed by atoms with Gasteiger partial charge in [0.25, 0.3) is 29.8 Å². The predicted molar refractivity (Wildman–Crippen MR) is 128 cm³/mol. The third kappa shape index (κ3) is 2740. The van der Waals surface area contributed by atoms with Crippen LogP contribution in [0.3, 0.4) is 0 Å². The molecule has 0 aliphatic rings. The molecule has 0 unspecified atom stereocenters. The number of hydrogen-bond donors (Lipinski definition) is 15. The van der Waals surface area contributed by atoms with Crippen LogP contribution in [0.15, 0.2) is 23.3 Å². The lowest BCUT2D eigenvalue weighted by Crippen LogP contribution is -2.22. The molecule has 0 amide bonds. The van der Waals surface area contributed by atoms with Crippen LogP contribution in [-0.4, -0.2) is 72.9 Å². The summed E-state index contributed by atoms with van der Waals surface area (Å²) in [7, 11) is -4.67. The maximum absolute atomic E-state index is 9.00. The Labute approximate surface area is 211 Å². The Kier molecular flexibility index (Phi) is 51.6. The molecule has 0 aromatic carbocycles. The quantitative estimate of drug-likeness (QED) is 0.121. The molecule has 0 aliphatic carbocycles. The summed E-state index contributed by atoms with van der Waals surface area (Å²) in [5.74, 6) is -4.24. The molecule has 0 saturated carbocycles. The molecule has 0 fully saturated rings. The van der Waals surface area contributed by atoms with Gasteiger partial charge in [-0.05, 0) is 0 Å². The molecule has 0 rings (SSSR count). The highest BCUT2D eigenvalue weighted by Crippen LogP contribution is 1.63. The fourth-order valence-electron chi connectivity index (χ4n) is 0. The summed E-state index contributed by atoms with van der Waals surface area (Å²) in [4.78, 5) is 45.0. The largest absolute Gasteiger partial charge is 0.481 e. The van der Waals surface area contributed by atoms with Gasteiger partial charge in [-0.3, -0.25) is 33.1 Å². The molecule has 0 aromatic rings. The summed E-state index contributed by atoms with van der Waals surface area (Å²) < 4.78 is 31.6. The zero-order valence-electron chi connectivity index (χ0n) is 20.5.